The summed E-state index contributed by atoms with van der Waals surface area (Å²) in [5.41, 5.74) is 0. The van der Waals surface area contributed by atoms with Gasteiger partial charge in [-0.3, -0.25) is 0 Å². The SMILES string of the molecule is CC=[N+](C)C(CCC)CCCCCCCCCCCCCC. The maximum atomic E-state index is 2.42. The summed E-state index contributed by atoms with van der Waals surface area (Å²) in [6, 6.07) is 0.776. The first-order chi connectivity index (χ1) is 10.8. The molecule has 22 heavy (non-hydrogen) atoms. The van der Waals surface area contributed by atoms with Crippen LogP contribution in [0.1, 0.15) is 117 Å². The molecule has 0 saturated heterocycles. The van der Waals surface area contributed by atoms with E-state index in [0.29, 0.717) is 0 Å². The molecule has 0 aromatic rings. The fourth-order valence-corrected chi connectivity index (χ4v) is 3.32. The molecule has 0 rings (SSSR count). The molecule has 0 aromatic carbocycles. The minimum Gasteiger partial charge on any atom is -0.240 e. The maximum absolute atomic E-state index is 2.42. The van der Waals surface area contributed by atoms with Gasteiger partial charge in [-0.2, -0.15) is 0 Å². The van der Waals surface area contributed by atoms with Crippen molar-refractivity contribution in [2.45, 2.75) is 123 Å². The molecule has 0 aliphatic heterocycles. The molecule has 1 heteroatoms. The molecule has 0 bridgehead atoms. The number of hydrogen-bond donors (Lipinski definition) is 0. The Kier molecular flexibility index (Phi) is 16.8. The molecule has 1 unspecified atom stereocenters. The van der Waals surface area contributed by atoms with E-state index < -0.39 is 0 Å². The van der Waals surface area contributed by atoms with Crippen LogP contribution in [0.3, 0.4) is 0 Å². The summed E-state index contributed by atoms with van der Waals surface area (Å²) in [5.74, 6) is 0. The average Bonchev–Trinajstić information content (AvgIpc) is 2.54. The lowest BCUT2D eigenvalue weighted by molar-refractivity contribution is -0.536. The van der Waals surface area contributed by atoms with E-state index in [4.69, 9.17) is 0 Å². The molecule has 1 nitrogen and oxygen atoms in total. The highest BCUT2D eigenvalue weighted by Crippen LogP contribution is 2.15. The molecule has 0 aromatic heterocycles. The summed E-state index contributed by atoms with van der Waals surface area (Å²) in [6.45, 7) is 6.76. The highest BCUT2D eigenvalue weighted by atomic mass is 15.0. The van der Waals surface area contributed by atoms with E-state index in [0.717, 1.165) is 6.04 Å². The van der Waals surface area contributed by atoms with Crippen molar-refractivity contribution in [2.24, 2.45) is 0 Å². The molecule has 0 aliphatic rings. The van der Waals surface area contributed by atoms with Crippen LogP contribution in [0.2, 0.25) is 0 Å². The quantitative estimate of drug-likeness (QED) is 0.164. The zero-order chi connectivity index (χ0) is 16.5. The molecule has 1 atom stereocenters. The van der Waals surface area contributed by atoms with Gasteiger partial charge in [-0.25, -0.2) is 4.58 Å². The van der Waals surface area contributed by atoms with E-state index in [-0.39, 0.29) is 0 Å². The highest BCUT2D eigenvalue weighted by molar-refractivity contribution is 5.46. The van der Waals surface area contributed by atoms with Crippen molar-refractivity contribution in [3.05, 3.63) is 0 Å². The van der Waals surface area contributed by atoms with Crippen molar-refractivity contribution in [1.29, 1.82) is 0 Å². The molecular formula is C21H44N+. The van der Waals surface area contributed by atoms with Crippen molar-refractivity contribution in [2.75, 3.05) is 7.05 Å². The predicted molar refractivity (Wildman–Crippen MR) is 102 cm³/mol. The van der Waals surface area contributed by atoms with Gasteiger partial charge in [-0.05, 0) is 12.8 Å². The van der Waals surface area contributed by atoms with Crippen LogP contribution in [-0.2, 0) is 0 Å². The Morgan fingerprint density at radius 2 is 1.09 bits per heavy atom. The molecular weight excluding hydrogens is 266 g/mol. The molecule has 0 N–H and O–H groups in total. The smallest absolute Gasteiger partial charge is 0.152 e. The number of hydrogen-bond acceptors (Lipinski definition) is 0. The zero-order valence-corrected chi connectivity index (χ0v) is 16.2. The van der Waals surface area contributed by atoms with E-state index >= 15 is 0 Å². The molecule has 0 amide bonds. The van der Waals surface area contributed by atoms with Crippen molar-refractivity contribution < 1.29 is 4.58 Å². The van der Waals surface area contributed by atoms with Gasteiger partial charge >= 0.3 is 0 Å². The number of nitrogens with zero attached hydrogens (tertiary/aromatic N) is 1. The van der Waals surface area contributed by atoms with E-state index in [2.05, 4.69) is 38.6 Å². The van der Waals surface area contributed by atoms with Gasteiger partial charge in [0.25, 0.3) is 0 Å². The third-order valence-corrected chi connectivity index (χ3v) is 5.00. The maximum Gasteiger partial charge on any atom is 0.152 e. The largest absolute Gasteiger partial charge is 0.240 e. The molecule has 0 radical (unpaired) electrons. The Hall–Kier alpha value is -0.330. The second-order valence-electron chi connectivity index (χ2n) is 7.04. The molecule has 0 spiro atoms. The molecule has 132 valence electrons. The number of unbranched alkanes of at least 4 members (excludes halogenated alkanes) is 11. The van der Waals surface area contributed by atoms with Crippen LogP contribution in [0.25, 0.3) is 0 Å². The Morgan fingerprint density at radius 1 is 0.636 bits per heavy atom. The van der Waals surface area contributed by atoms with E-state index in [1.165, 1.54) is 96.3 Å². The summed E-state index contributed by atoms with van der Waals surface area (Å²) < 4.78 is 2.42. The van der Waals surface area contributed by atoms with Gasteiger partial charge in [0, 0.05) is 19.8 Å². The summed E-state index contributed by atoms with van der Waals surface area (Å²) in [7, 11) is 2.24. The van der Waals surface area contributed by atoms with Crippen molar-refractivity contribution in [3.63, 3.8) is 0 Å². The summed E-state index contributed by atoms with van der Waals surface area (Å²) in [4.78, 5) is 0. The summed E-state index contributed by atoms with van der Waals surface area (Å²) in [6.07, 6.45) is 23.6. The fourth-order valence-electron chi connectivity index (χ4n) is 3.32. The van der Waals surface area contributed by atoms with Gasteiger partial charge in [0.1, 0.15) is 13.3 Å². The fraction of sp³-hybridized carbons (Fsp3) is 0.952. The van der Waals surface area contributed by atoms with E-state index in [1.807, 2.05) is 0 Å². The normalized spacial score (nSPS) is 13.5. The van der Waals surface area contributed by atoms with Crippen LogP contribution in [0.5, 0.6) is 0 Å². The minimum absolute atomic E-state index is 0.776. The van der Waals surface area contributed by atoms with Gasteiger partial charge in [0.05, 0.1) is 0 Å². The van der Waals surface area contributed by atoms with E-state index in [9.17, 15) is 0 Å². The Bertz CT molecular complexity index is 244. The van der Waals surface area contributed by atoms with Crippen LogP contribution in [0.4, 0.5) is 0 Å². The molecule has 0 heterocycles. The standard InChI is InChI=1S/C21H44N/c1-5-8-9-10-11-12-13-14-15-16-17-18-20-21(19-6-2)22(4)7-3/h7,21H,5-6,8-20H2,1-4H3/q+1. The lowest BCUT2D eigenvalue weighted by Gasteiger charge is -2.12. The lowest BCUT2D eigenvalue weighted by Crippen LogP contribution is -2.23. The highest BCUT2D eigenvalue weighted by Gasteiger charge is 2.14. The third-order valence-electron chi connectivity index (χ3n) is 5.00. The van der Waals surface area contributed by atoms with Gasteiger partial charge in [0.2, 0.25) is 0 Å². The van der Waals surface area contributed by atoms with Crippen molar-refractivity contribution >= 4 is 6.21 Å². The van der Waals surface area contributed by atoms with Crippen LogP contribution in [0, 0.1) is 0 Å². The molecule has 0 aliphatic carbocycles. The van der Waals surface area contributed by atoms with Crippen molar-refractivity contribution in [1.82, 2.24) is 0 Å². The molecule has 0 saturated carbocycles. The minimum atomic E-state index is 0.776. The average molecular weight is 311 g/mol. The van der Waals surface area contributed by atoms with Gasteiger partial charge in [0.15, 0.2) is 6.04 Å². The Morgan fingerprint density at radius 3 is 1.50 bits per heavy atom. The van der Waals surface area contributed by atoms with Gasteiger partial charge in [-0.15, -0.1) is 0 Å². The predicted octanol–water partition coefficient (Wildman–Crippen LogP) is 6.98. The van der Waals surface area contributed by atoms with Crippen LogP contribution in [0.15, 0.2) is 0 Å². The van der Waals surface area contributed by atoms with Gasteiger partial charge < -0.3 is 0 Å². The van der Waals surface area contributed by atoms with Crippen LogP contribution in [-0.4, -0.2) is 23.9 Å². The summed E-state index contributed by atoms with van der Waals surface area (Å²) in [5, 5.41) is 0. The second kappa shape index (κ2) is 17.0. The molecule has 0 fully saturated rings. The zero-order valence-electron chi connectivity index (χ0n) is 16.2. The Balaban J connectivity index is 3.35. The van der Waals surface area contributed by atoms with Crippen molar-refractivity contribution in [3.8, 4) is 0 Å². The first-order valence-electron chi connectivity index (χ1n) is 10.3. The first kappa shape index (κ1) is 21.7. The lowest BCUT2D eigenvalue weighted by atomic mass is 10.0. The third kappa shape index (κ3) is 13.3. The van der Waals surface area contributed by atoms with Crippen LogP contribution < -0.4 is 0 Å². The topological polar surface area (TPSA) is 3.01 Å². The number of rotatable bonds is 16. The van der Waals surface area contributed by atoms with Gasteiger partial charge in [-0.1, -0.05) is 84.5 Å². The van der Waals surface area contributed by atoms with E-state index in [1.54, 1.807) is 0 Å². The Labute approximate surface area is 141 Å². The first-order valence-corrected chi connectivity index (χ1v) is 10.3. The summed E-state index contributed by atoms with van der Waals surface area (Å²) >= 11 is 0. The van der Waals surface area contributed by atoms with Crippen LogP contribution >= 0.6 is 0 Å². The second-order valence-corrected chi connectivity index (χ2v) is 7.04. The monoisotopic (exact) mass is 310 g/mol.